The highest BCUT2D eigenvalue weighted by atomic mass is 32.1. The number of carbonyl (C=O) groups excluding carboxylic acids is 1. The van der Waals surface area contributed by atoms with Crippen LogP contribution >= 0.6 is 11.3 Å². The lowest BCUT2D eigenvalue weighted by Gasteiger charge is -2.30. The van der Waals surface area contributed by atoms with Crippen molar-refractivity contribution in [3.63, 3.8) is 0 Å². The SMILES string of the molecule is NC(N)=Nc1nc(-c2ccc3c(c2)CCCN3C(=O)c2cccc(F)c2)cs1. The van der Waals surface area contributed by atoms with Gasteiger partial charge in [-0.25, -0.2) is 9.37 Å². The van der Waals surface area contributed by atoms with Gasteiger partial charge in [-0.3, -0.25) is 4.79 Å². The zero-order chi connectivity index (χ0) is 19.7. The summed E-state index contributed by atoms with van der Waals surface area (Å²) >= 11 is 1.36. The van der Waals surface area contributed by atoms with Crippen molar-refractivity contribution in [2.24, 2.45) is 16.5 Å². The Labute approximate surface area is 165 Å². The van der Waals surface area contributed by atoms with Gasteiger partial charge in [0, 0.05) is 28.7 Å². The predicted octanol–water partition coefficient (Wildman–Crippen LogP) is 3.45. The van der Waals surface area contributed by atoms with E-state index < -0.39 is 5.82 Å². The van der Waals surface area contributed by atoms with Crippen LogP contribution in [0.4, 0.5) is 15.2 Å². The van der Waals surface area contributed by atoms with Crippen molar-refractivity contribution in [1.29, 1.82) is 0 Å². The van der Waals surface area contributed by atoms with Crippen LogP contribution in [0.15, 0.2) is 52.8 Å². The molecular formula is C20H18FN5OS. The molecule has 4 N–H and O–H groups in total. The first-order chi connectivity index (χ1) is 13.5. The fourth-order valence-corrected chi connectivity index (χ4v) is 4.02. The van der Waals surface area contributed by atoms with Crippen molar-refractivity contribution in [2.75, 3.05) is 11.4 Å². The molecule has 0 bridgehead atoms. The van der Waals surface area contributed by atoms with Gasteiger partial charge in [-0.1, -0.05) is 12.1 Å². The highest BCUT2D eigenvalue weighted by molar-refractivity contribution is 7.13. The van der Waals surface area contributed by atoms with Crippen molar-refractivity contribution < 1.29 is 9.18 Å². The largest absolute Gasteiger partial charge is 0.370 e. The van der Waals surface area contributed by atoms with E-state index in [0.29, 0.717) is 17.2 Å². The number of hydrogen-bond acceptors (Lipinski definition) is 4. The number of halogens is 1. The molecule has 0 unspecified atom stereocenters. The molecule has 4 rings (SSSR count). The molecule has 28 heavy (non-hydrogen) atoms. The first kappa shape index (κ1) is 18.1. The molecule has 2 aromatic carbocycles. The number of anilines is 1. The number of amides is 1. The van der Waals surface area contributed by atoms with E-state index in [2.05, 4.69) is 9.98 Å². The summed E-state index contributed by atoms with van der Waals surface area (Å²) in [5.74, 6) is -0.645. The first-order valence-corrected chi connectivity index (χ1v) is 9.65. The molecule has 1 amide bonds. The molecule has 3 aromatic rings. The molecule has 1 aliphatic heterocycles. The third kappa shape index (κ3) is 3.59. The number of hydrogen-bond donors (Lipinski definition) is 2. The fourth-order valence-electron chi connectivity index (χ4n) is 3.30. The van der Waals surface area contributed by atoms with Gasteiger partial charge < -0.3 is 16.4 Å². The van der Waals surface area contributed by atoms with Gasteiger partial charge in [-0.15, -0.1) is 11.3 Å². The highest BCUT2D eigenvalue weighted by Gasteiger charge is 2.24. The lowest BCUT2D eigenvalue weighted by Crippen LogP contribution is -2.35. The minimum atomic E-state index is -0.418. The summed E-state index contributed by atoms with van der Waals surface area (Å²) < 4.78 is 13.5. The van der Waals surface area contributed by atoms with E-state index in [4.69, 9.17) is 11.5 Å². The van der Waals surface area contributed by atoms with Crippen molar-refractivity contribution in [3.8, 4) is 11.3 Å². The Morgan fingerprint density at radius 3 is 2.86 bits per heavy atom. The molecule has 6 nitrogen and oxygen atoms in total. The normalized spacial score (nSPS) is 13.1. The molecule has 0 aliphatic carbocycles. The first-order valence-electron chi connectivity index (χ1n) is 8.77. The van der Waals surface area contributed by atoms with Crippen molar-refractivity contribution in [2.45, 2.75) is 12.8 Å². The number of benzene rings is 2. The molecule has 0 saturated carbocycles. The Hall–Kier alpha value is -3.26. The molecule has 1 aromatic heterocycles. The van der Waals surface area contributed by atoms with Gasteiger partial charge in [0.2, 0.25) is 5.13 Å². The minimum absolute atomic E-state index is 0.0298. The van der Waals surface area contributed by atoms with Gasteiger partial charge in [0.15, 0.2) is 5.96 Å². The molecule has 0 saturated heterocycles. The highest BCUT2D eigenvalue weighted by Crippen LogP contribution is 2.34. The molecule has 142 valence electrons. The van der Waals surface area contributed by atoms with Crippen LogP contribution in [0, 0.1) is 5.82 Å². The van der Waals surface area contributed by atoms with Crippen LogP contribution in [0.1, 0.15) is 22.3 Å². The van der Waals surface area contributed by atoms with Crippen LogP contribution < -0.4 is 16.4 Å². The second kappa shape index (κ2) is 7.40. The third-order valence-electron chi connectivity index (χ3n) is 4.53. The second-order valence-electron chi connectivity index (χ2n) is 6.47. The molecule has 0 spiro atoms. The van der Waals surface area contributed by atoms with Gasteiger partial charge in [-0.05, 0) is 48.7 Å². The number of thiazole rings is 1. The summed E-state index contributed by atoms with van der Waals surface area (Å²) in [5, 5.41) is 2.39. The number of aliphatic imine (C=N–C) groups is 1. The lowest BCUT2D eigenvalue weighted by atomic mass is 9.97. The smallest absolute Gasteiger partial charge is 0.258 e. The molecule has 0 fully saturated rings. The van der Waals surface area contributed by atoms with Crippen molar-refractivity contribution in [1.82, 2.24) is 4.98 Å². The van der Waals surface area contributed by atoms with E-state index in [-0.39, 0.29) is 11.9 Å². The number of fused-ring (bicyclic) bond motifs is 1. The maximum atomic E-state index is 13.5. The van der Waals surface area contributed by atoms with Gasteiger partial charge in [-0.2, -0.15) is 4.99 Å². The van der Waals surface area contributed by atoms with Crippen LogP contribution in [0.3, 0.4) is 0 Å². The second-order valence-corrected chi connectivity index (χ2v) is 7.30. The summed E-state index contributed by atoms with van der Waals surface area (Å²) in [6.45, 7) is 0.604. The minimum Gasteiger partial charge on any atom is -0.370 e. The average Bonchev–Trinajstić information content (AvgIpc) is 3.14. The number of carbonyl (C=O) groups is 1. The van der Waals surface area contributed by atoms with Crippen LogP contribution in [-0.2, 0) is 6.42 Å². The van der Waals surface area contributed by atoms with E-state index in [0.717, 1.165) is 35.3 Å². The summed E-state index contributed by atoms with van der Waals surface area (Å²) in [7, 11) is 0. The zero-order valence-electron chi connectivity index (χ0n) is 14.9. The van der Waals surface area contributed by atoms with Gasteiger partial charge in [0.1, 0.15) is 5.82 Å². The summed E-state index contributed by atoms with van der Waals surface area (Å²) in [5.41, 5.74) is 14.8. The van der Waals surface area contributed by atoms with E-state index in [1.807, 2.05) is 23.6 Å². The van der Waals surface area contributed by atoms with Gasteiger partial charge in [0.25, 0.3) is 5.91 Å². The van der Waals surface area contributed by atoms with Crippen LogP contribution in [0.5, 0.6) is 0 Å². The Morgan fingerprint density at radius 1 is 1.21 bits per heavy atom. The number of rotatable bonds is 3. The molecule has 0 atom stereocenters. The van der Waals surface area contributed by atoms with Crippen LogP contribution in [0.2, 0.25) is 0 Å². The van der Waals surface area contributed by atoms with Gasteiger partial charge >= 0.3 is 0 Å². The fraction of sp³-hybridized carbons (Fsp3) is 0.150. The van der Waals surface area contributed by atoms with E-state index in [1.54, 1.807) is 17.0 Å². The van der Waals surface area contributed by atoms with Crippen LogP contribution in [-0.4, -0.2) is 23.4 Å². The summed E-state index contributed by atoms with van der Waals surface area (Å²) in [4.78, 5) is 23.0. The quantitative estimate of drug-likeness (QED) is 0.524. The number of guanidine groups is 1. The molecule has 1 aliphatic rings. The van der Waals surface area contributed by atoms with Crippen LogP contribution in [0.25, 0.3) is 11.3 Å². The summed E-state index contributed by atoms with van der Waals surface area (Å²) in [6, 6.07) is 11.7. The third-order valence-corrected chi connectivity index (χ3v) is 5.26. The van der Waals surface area contributed by atoms with Crippen molar-refractivity contribution >= 4 is 34.0 Å². The maximum Gasteiger partial charge on any atom is 0.258 e. The Kier molecular flexibility index (Phi) is 4.79. The summed E-state index contributed by atoms with van der Waals surface area (Å²) in [6.07, 6.45) is 1.70. The average molecular weight is 395 g/mol. The Balaban J connectivity index is 1.65. The Morgan fingerprint density at radius 2 is 2.07 bits per heavy atom. The van der Waals surface area contributed by atoms with E-state index in [9.17, 15) is 9.18 Å². The van der Waals surface area contributed by atoms with E-state index >= 15 is 0 Å². The predicted molar refractivity (Wildman–Crippen MR) is 109 cm³/mol. The van der Waals surface area contributed by atoms with Crippen molar-refractivity contribution in [3.05, 3.63) is 64.8 Å². The number of nitrogens with two attached hydrogens (primary N) is 2. The monoisotopic (exact) mass is 395 g/mol. The Bertz CT molecular complexity index is 1070. The molecule has 8 heteroatoms. The van der Waals surface area contributed by atoms with E-state index in [1.165, 1.54) is 23.5 Å². The van der Waals surface area contributed by atoms with Gasteiger partial charge in [0.05, 0.1) is 5.69 Å². The standard InChI is InChI=1S/C20H18FN5OS/c21-15-5-1-3-14(10-15)18(27)26-8-2-4-13-9-12(6-7-17(13)26)16-11-28-20(24-16)25-19(22)23/h1,3,5-7,9-11H,2,4,8H2,(H4,22,23,24,25). The lowest BCUT2D eigenvalue weighted by molar-refractivity contribution is 0.0984. The molecule has 2 heterocycles. The molecular weight excluding hydrogens is 377 g/mol. The topological polar surface area (TPSA) is 97.6 Å². The number of aryl methyl sites for hydroxylation is 1. The molecule has 0 radical (unpaired) electrons. The number of nitrogens with zero attached hydrogens (tertiary/aromatic N) is 3. The maximum absolute atomic E-state index is 13.5. The number of aromatic nitrogens is 1. The zero-order valence-corrected chi connectivity index (χ0v) is 15.7.